The van der Waals surface area contributed by atoms with Crippen molar-refractivity contribution in [3.05, 3.63) is 104 Å². The van der Waals surface area contributed by atoms with Gasteiger partial charge in [-0.2, -0.15) is 13.2 Å². The summed E-state index contributed by atoms with van der Waals surface area (Å²) in [6, 6.07) is 18.0. The SMILES string of the molecule is Cc1ccccc1NC(=O)COc1ccccc1[C@H]1c2sc(=O)[nH]c2SC2C(=O)N(c3cccc(C(F)(F)F)c3)C(=O)C21. The number of H-pyrrole nitrogens is 1. The van der Waals surface area contributed by atoms with Crippen molar-refractivity contribution < 1.29 is 32.3 Å². The highest BCUT2D eigenvalue weighted by molar-refractivity contribution is 8.00. The van der Waals surface area contributed by atoms with Crippen molar-refractivity contribution in [2.75, 3.05) is 16.8 Å². The zero-order valence-electron chi connectivity index (χ0n) is 22.3. The Bertz CT molecular complexity index is 1820. The number of aromatic amines is 1. The first-order valence-electron chi connectivity index (χ1n) is 13.0. The third-order valence-corrected chi connectivity index (χ3v) is 9.69. The summed E-state index contributed by atoms with van der Waals surface area (Å²) in [7, 11) is 0. The van der Waals surface area contributed by atoms with E-state index in [1.54, 1.807) is 36.4 Å². The van der Waals surface area contributed by atoms with Crippen molar-refractivity contribution in [3.63, 3.8) is 0 Å². The van der Waals surface area contributed by atoms with E-state index in [1.807, 2.05) is 19.1 Å². The molecule has 2 aliphatic heterocycles. The molecule has 0 radical (unpaired) electrons. The number of aryl methyl sites for hydroxylation is 1. The van der Waals surface area contributed by atoms with Crippen LogP contribution >= 0.6 is 23.1 Å². The fourth-order valence-electron chi connectivity index (χ4n) is 5.34. The second kappa shape index (κ2) is 11.0. The molecule has 0 spiro atoms. The van der Waals surface area contributed by atoms with Gasteiger partial charge in [0.15, 0.2) is 6.61 Å². The summed E-state index contributed by atoms with van der Waals surface area (Å²) in [6.07, 6.45) is -4.67. The normalized spacial score (nSPS) is 19.6. The maximum atomic E-state index is 13.9. The number of hydrogen-bond acceptors (Lipinski definition) is 7. The number of carbonyl (C=O) groups excluding carboxylic acids is 3. The molecule has 3 atom stereocenters. The Kier molecular flexibility index (Phi) is 7.38. The van der Waals surface area contributed by atoms with Gasteiger partial charge in [-0.3, -0.25) is 19.2 Å². The first-order chi connectivity index (χ1) is 20.5. The first-order valence-corrected chi connectivity index (χ1v) is 14.7. The number of thiazole rings is 1. The molecule has 0 bridgehead atoms. The van der Waals surface area contributed by atoms with Crippen LogP contribution in [-0.4, -0.2) is 34.6 Å². The number of alkyl halides is 3. The molecule has 1 aromatic heterocycles. The zero-order valence-corrected chi connectivity index (χ0v) is 23.9. The monoisotopic (exact) mass is 625 g/mol. The molecule has 220 valence electrons. The first kappa shape index (κ1) is 28.7. The highest BCUT2D eigenvalue weighted by Gasteiger charge is 2.57. The van der Waals surface area contributed by atoms with Gasteiger partial charge in [-0.15, -0.1) is 0 Å². The predicted octanol–water partition coefficient (Wildman–Crippen LogP) is 5.58. The Morgan fingerprint density at radius 1 is 1.00 bits per heavy atom. The Balaban J connectivity index is 1.35. The van der Waals surface area contributed by atoms with Crippen molar-refractivity contribution in [1.29, 1.82) is 0 Å². The molecule has 2 aliphatic rings. The molecule has 6 rings (SSSR count). The summed E-state index contributed by atoms with van der Waals surface area (Å²) >= 11 is 1.90. The van der Waals surface area contributed by atoms with Gasteiger partial charge >= 0.3 is 11.0 Å². The lowest BCUT2D eigenvalue weighted by molar-refractivity contribution is -0.137. The fourth-order valence-corrected chi connectivity index (χ4v) is 7.85. The molecule has 3 heterocycles. The largest absolute Gasteiger partial charge is 0.483 e. The van der Waals surface area contributed by atoms with E-state index in [4.69, 9.17) is 4.74 Å². The van der Waals surface area contributed by atoms with Gasteiger partial charge in [0.2, 0.25) is 11.8 Å². The van der Waals surface area contributed by atoms with Crippen LogP contribution in [0.25, 0.3) is 0 Å². The summed E-state index contributed by atoms with van der Waals surface area (Å²) in [4.78, 5) is 56.4. The molecule has 13 heteroatoms. The van der Waals surface area contributed by atoms with E-state index in [1.165, 1.54) is 6.07 Å². The number of aromatic nitrogens is 1. The number of ether oxygens (including phenoxy) is 1. The summed E-state index contributed by atoms with van der Waals surface area (Å²) in [5, 5.41) is 2.18. The van der Waals surface area contributed by atoms with Crippen LogP contribution in [0.4, 0.5) is 24.5 Å². The number of para-hydroxylation sites is 2. The number of nitrogens with one attached hydrogen (secondary N) is 2. The number of amides is 3. The van der Waals surface area contributed by atoms with Crippen LogP contribution in [0.2, 0.25) is 0 Å². The van der Waals surface area contributed by atoms with E-state index in [2.05, 4.69) is 10.3 Å². The lowest BCUT2D eigenvalue weighted by atomic mass is 9.82. The van der Waals surface area contributed by atoms with Crippen molar-refractivity contribution in [3.8, 4) is 5.75 Å². The minimum Gasteiger partial charge on any atom is -0.483 e. The number of hydrogen-bond donors (Lipinski definition) is 2. The number of rotatable bonds is 6. The highest BCUT2D eigenvalue weighted by Crippen LogP contribution is 2.54. The third kappa shape index (κ3) is 5.34. The summed E-state index contributed by atoms with van der Waals surface area (Å²) < 4.78 is 46.3. The van der Waals surface area contributed by atoms with Gasteiger partial charge in [0.1, 0.15) is 11.0 Å². The van der Waals surface area contributed by atoms with E-state index in [9.17, 15) is 32.3 Å². The number of thioether (sulfide) groups is 1. The number of imide groups is 1. The fraction of sp³-hybridized carbons (Fsp3) is 0.200. The average Bonchev–Trinajstić information content (AvgIpc) is 3.47. The number of anilines is 2. The van der Waals surface area contributed by atoms with Crippen LogP contribution in [0.15, 0.2) is 82.6 Å². The number of carbonyl (C=O) groups is 3. The van der Waals surface area contributed by atoms with Gasteiger partial charge < -0.3 is 15.0 Å². The molecule has 3 aromatic carbocycles. The second-order valence-electron chi connectivity index (χ2n) is 10.00. The molecule has 3 amide bonds. The van der Waals surface area contributed by atoms with Crippen LogP contribution < -0.4 is 19.8 Å². The summed E-state index contributed by atoms with van der Waals surface area (Å²) in [5.74, 6) is -3.41. The van der Waals surface area contributed by atoms with Gasteiger partial charge in [0, 0.05) is 22.0 Å². The smallest absolute Gasteiger partial charge is 0.416 e. The number of fused-ring (bicyclic) bond motifs is 2. The van der Waals surface area contributed by atoms with Crippen molar-refractivity contribution >= 4 is 52.2 Å². The number of halogens is 3. The standard InChI is InChI=1S/C30H22F3N3O5S2/c1-15-7-2-4-11-19(15)34-21(37)14-41-20-12-5-3-10-18(20)22-23-25(42-26-24(22)43-29(40)35-26)28(39)36(27(23)38)17-9-6-8-16(13-17)30(31,32)33/h2-13,22-23,25H,14H2,1H3,(H,34,37)(H,35,40)/t22-,23?,25?/m1/s1. The Labute approximate surface area is 250 Å². The van der Waals surface area contributed by atoms with Crippen molar-refractivity contribution in [2.24, 2.45) is 5.92 Å². The van der Waals surface area contributed by atoms with Crippen LogP contribution in [0.5, 0.6) is 5.75 Å². The van der Waals surface area contributed by atoms with Gasteiger partial charge in [-0.05, 0) is 42.8 Å². The zero-order chi connectivity index (χ0) is 30.5. The molecule has 43 heavy (non-hydrogen) atoms. The van der Waals surface area contributed by atoms with Crippen LogP contribution in [0.3, 0.4) is 0 Å². The van der Waals surface area contributed by atoms with Gasteiger partial charge in [-0.25, -0.2) is 4.90 Å². The van der Waals surface area contributed by atoms with Crippen LogP contribution in [0, 0.1) is 12.8 Å². The molecule has 4 aromatic rings. The topological polar surface area (TPSA) is 109 Å². The van der Waals surface area contributed by atoms with E-state index < -0.39 is 46.5 Å². The van der Waals surface area contributed by atoms with Crippen LogP contribution in [0.1, 0.15) is 27.5 Å². The predicted molar refractivity (Wildman–Crippen MR) is 156 cm³/mol. The number of benzene rings is 3. The maximum Gasteiger partial charge on any atom is 0.416 e. The van der Waals surface area contributed by atoms with E-state index in [-0.39, 0.29) is 22.9 Å². The molecular formula is C30H22F3N3O5S2. The average molecular weight is 626 g/mol. The maximum absolute atomic E-state index is 13.9. The van der Waals surface area contributed by atoms with Gasteiger partial charge in [0.05, 0.1) is 22.2 Å². The molecule has 0 saturated carbocycles. The van der Waals surface area contributed by atoms with Gasteiger partial charge in [0.25, 0.3) is 5.91 Å². The van der Waals surface area contributed by atoms with Gasteiger partial charge in [-0.1, -0.05) is 65.6 Å². The minimum absolute atomic E-state index is 0.187. The Hall–Kier alpha value is -4.36. The highest BCUT2D eigenvalue weighted by atomic mass is 32.2. The van der Waals surface area contributed by atoms with Crippen LogP contribution in [-0.2, 0) is 20.6 Å². The molecule has 1 fully saturated rings. The lowest BCUT2D eigenvalue weighted by Gasteiger charge is -2.30. The Morgan fingerprint density at radius 2 is 1.74 bits per heavy atom. The minimum atomic E-state index is -4.67. The van der Waals surface area contributed by atoms with E-state index in [0.717, 1.165) is 51.8 Å². The quantitative estimate of drug-likeness (QED) is 0.271. The van der Waals surface area contributed by atoms with Crippen molar-refractivity contribution in [1.82, 2.24) is 4.98 Å². The van der Waals surface area contributed by atoms with E-state index in [0.29, 0.717) is 21.2 Å². The van der Waals surface area contributed by atoms with E-state index >= 15 is 0 Å². The second-order valence-corrected chi connectivity index (χ2v) is 12.2. The summed E-state index contributed by atoms with van der Waals surface area (Å²) in [5.41, 5.74) is 0.781. The molecule has 2 N–H and O–H groups in total. The molecule has 0 aliphatic carbocycles. The molecule has 2 unspecified atom stereocenters. The molecule has 1 saturated heterocycles. The van der Waals surface area contributed by atoms with Crippen molar-refractivity contribution in [2.45, 2.75) is 29.3 Å². The third-order valence-electron chi connectivity index (χ3n) is 7.29. The molecular weight excluding hydrogens is 603 g/mol. The Morgan fingerprint density at radius 3 is 2.51 bits per heavy atom. The number of nitrogens with zero attached hydrogens (tertiary/aromatic N) is 1. The lowest BCUT2D eigenvalue weighted by Crippen LogP contribution is -2.32. The molecule has 8 nitrogen and oxygen atoms in total. The summed E-state index contributed by atoms with van der Waals surface area (Å²) in [6.45, 7) is 1.49.